The standard InChI is InChI=1S/C19H32O2.C13H8NO.Ir/c20-18-15(12-5-1-2-6-12)10-9-14-11-16(19(21)17(14)18)13-7-3-4-8-13;1-2-6-10(7-3-1)13-14-11-8-4-5-9-12(11)15-13;/h12-21H,1-11H2;1-6,8-9H;/q;-1;/t14?,15-,16+,17?,18?,19?;;/m1../s1. The van der Waals surface area contributed by atoms with Gasteiger partial charge in [-0.2, -0.15) is 0 Å². The van der Waals surface area contributed by atoms with E-state index in [9.17, 15) is 10.2 Å². The fraction of sp³-hybridized carbons (Fsp3) is 0.594. The molecule has 1 aromatic heterocycles. The van der Waals surface area contributed by atoms with E-state index in [2.05, 4.69) is 11.1 Å². The molecule has 201 valence electrons. The van der Waals surface area contributed by atoms with Gasteiger partial charge < -0.3 is 14.6 Å². The third kappa shape index (κ3) is 5.62. The number of benzene rings is 2. The molecule has 2 aromatic carbocycles. The molecule has 6 atom stereocenters. The monoisotopic (exact) mass is 679 g/mol. The third-order valence-corrected chi connectivity index (χ3v) is 9.90. The van der Waals surface area contributed by atoms with E-state index in [-0.39, 0.29) is 38.2 Å². The number of nitrogens with zero attached hydrogens (tertiary/aromatic N) is 1. The zero-order chi connectivity index (χ0) is 24.5. The number of aromatic nitrogens is 1. The minimum absolute atomic E-state index is 0. The van der Waals surface area contributed by atoms with Crippen molar-refractivity contribution in [1.29, 1.82) is 0 Å². The average Bonchev–Trinajstić information content (AvgIpc) is 3.72. The van der Waals surface area contributed by atoms with Crippen LogP contribution in [-0.2, 0) is 20.1 Å². The smallest absolute Gasteiger partial charge is 0.141 e. The van der Waals surface area contributed by atoms with Crippen LogP contribution in [0.5, 0.6) is 0 Å². The fourth-order valence-electron chi connectivity index (χ4n) is 8.14. The van der Waals surface area contributed by atoms with Gasteiger partial charge in [0.25, 0.3) is 0 Å². The first-order valence-electron chi connectivity index (χ1n) is 14.4. The molecule has 1 heterocycles. The molecule has 2 N–H and O–H groups in total. The van der Waals surface area contributed by atoms with Gasteiger partial charge in [0.05, 0.1) is 17.7 Å². The van der Waals surface area contributed by atoms with E-state index >= 15 is 0 Å². The topological polar surface area (TPSA) is 66.5 Å². The molecule has 4 aliphatic carbocycles. The number of hydrogen-bond acceptors (Lipinski definition) is 4. The maximum Gasteiger partial charge on any atom is 0.141 e. The summed E-state index contributed by atoms with van der Waals surface area (Å²) in [6.07, 6.45) is 14.0. The van der Waals surface area contributed by atoms with E-state index in [0.29, 0.717) is 23.6 Å². The molecule has 5 heteroatoms. The molecule has 0 bridgehead atoms. The first kappa shape index (κ1) is 27.1. The van der Waals surface area contributed by atoms with Gasteiger partial charge in [0.2, 0.25) is 0 Å². The molecule has 4 saturated carbocycles. The van der Waals surface area contributed by atoms with Crippen LogP contribution < -0.4 is 0 Å². The number of fused-ring (bicyclic) bond motifs is 2. The second-order valence-electron chi connectivity index (χ2n) is 11.8. The van der Waals surface area contributed by atoms with Gasteiger partial charge in [-0.1, -0.05) is 69.1 Å². The Kier molecular flexibility index (Phi) is 8.86. The van der Waals surface area contributed by atoms with Crippen molar-refractivity contribution in [2.24, 2.45) is 35.5 Å². The Morgan fingerprint density at radius 3 is 2.05 bits per heavy atom. The maximum atomic E-state index is 11.0. The van der Waals surface area contributed by atoms with Crippen molar-refractivity contribution in [2.75, 3.05) is 0 Å². The van der Waals surface area contributed by atoms with Crippen molar-refractivity contribution in [2.45, 2.75) is 82.8 Å². The summed E-state index contributed by atoms with van der Waals surface area (Å²) in [6, 6.07) is 18.5. The molecule has 7 rings (SSSR count). The molecule has 4 unspecified atom stereocenters. The summed E-state index contributed by atoms with van der Waals surface area (Å²) in [7, 11) is 0. The van der Waals surface area contributed by atoms with Gasteiger partial charge >= 0.3 is 0 Å². The Labute approximate surface area is 234 Å². The summed E-state index contributed by atoms with van der Waals surface area (Å²) in [4.78, 5) is 4.39. The number of aliphatic hydroxyl groups is 2. The van der Waals surface area contributed by atoms with E-state index in [4.69, 9.17) is 4.42 Å². The van der Waals surface area contributed by atoms with Crippen LogP contribution in [0.4, 0.5) is 0 Å². The first-order chi connectivity index (χ1) is 17.7. The Hall–Kier alpha value is -1.52. The van der Waals surface area contributed by atoms with E-state index in [0.717, 1.165) is 28.5 Å². The molecule has 3 aromatic rings. The van der Waals surface area contributed by atoms with Gasteiger partial charge in [0.1, 0.15) is 11.5 Å². The van der Waals surface area contributed by atoms with E-state index in [1.807, 2.05) is 48.5 Å². The van der Waals surface area contributed by atoms with Crippen LogP contribution >= 0.6 is 0 Å². The zero-order valence-electron chi connectivity index (χ0n) is 21.6. The van der Waals surface area contributed by atoms with Crippen LogP contribution in [0.1, 0.15) is 70.6 Å². The van der Waals surface area contributed by atoms with Gasteiger partial charge in [0.15, 0.2) is 0 Å². The van der Waals surface area contributed by atoms with Crippen LogP contribution in [0.25, 0.3) is 22.6 Å². The second kappa shape index (κ2) is 12.1. The van der Waals surface area contributed by atoms with E-state index in [1.165, 1.54) is 70.6 Å². The molecule has 0 amide bonds. The van der Waals surface area contributed by atoms with Crippen molar-refractivity contribution in [1.82, 2.24) is 4.98 Å². The third-order valence-electron chi connectivity index (χ3n) is 9.90. The van der Waals surface area contributed by atoms with Crippen molar-refractivity contribution in [3.05, 3.63) is 54.6 Å². The van der Waals surface area contributed by atoms with Gasteiger partial charge in [-0.3, -0.25) is 4.98 Å². The van der Waals surface area contributed by atoms with Gasteiger partial charge in [-0.15, -0.1) is 30.3 Å². The zero-order valence-corrected chi connectivity index (χ0v) is 24.0. The van der Waals surface area contributed by atoms with Crippen LogP contribution in [0.15, 0.2) is 52.9 Å². The number of hydrogen-bond donors (Lipinski definition) is 2. The van der Waals surface area contributed by atoms with Crippen molar-refractivity contribution in [3.63, 3.8) is 0 Å². The van der Waals surface area contributed by atoms with Crippen molar-refractivity contribution >= 4 is 11.1 Å². The Balaban J connectivity index is 0.000000155. The van der Waals surface area contributed by atoms with Crippen molar-refractivity contribution < 1.29 is 34.7 Å². The molecule has 4 fully saturated rings. The van der Waals surface area contributed by atoms with Crippen molar-refractivity contribution in [3.8, 4) is 11.5 Å². The Morgan fingerprint density at radius 1 is 0.730 bits per heavy atom. The van der Waals surface area contributed by atoms with Crippen LogP contribution in [0.3, 0.4) is 0 Å². The summed E-state index contributed by atoms with van der Waals surface area (Å²) in [6.45, 7) is 0. The normalized spacial score (nSPS) is 32.1. The van der Waals surface area contributed by atoms with E-state index < -0.39 is 0 Å². The number of oxazole rings is 1. The number of rotatable bonds is 3. The summed E-state index contributed by atoms with van der Waals surface area (Å²) < 4.78 is 5.61. The summed E-state index contributed by atoms with van der Waals surface area (Å²) in [5.41, 5.74) is 2.57. The minimum Gasteiger partial charge on any atom is -0.481 e. The molecule has 4 nitrogen and oxygen atoms in total. The van der Waals surface area contributed by atoms with Crippen LogP contribution in [0.2, 0.25) is 0 Å². The number of para-hydroxylation sites is 2. The minimum atomic E-state index is -0.215. The SMILES string of the molecule is OC1C2C(CC[C@@H]1C1CCCC1)C[C@@H](C1CCCC1)C2O.[Ir].[c-]1ccccc1-c1nc2ccccc2o1. The summed E-state index contributed by atoms with van der Waals surface area (Å²) in [5, 5.41) is 21.9. The van der Waals surface area contributed by atoms with Gasteiger partial charge in [-0.05, 0) is 61.0 Å². The molecular formula is C32H40IrNO3-. The number of aliphatic hydroxyl groups excluding tert-OH is 2. The van der Waals surface area contributed by atoms with Gasteiger partial charge in [0, 0.05) is 26.0 Å². The summed E-state index contributed by atoms with van der Waals surface area (Å²) >= 11 is 0. The maximum absolute atomic E-state index is 11.0. The predicted molar refractivity (Wildman–Crippen MR) is 142 cm³/mol. The van der Waals surface area contributed by atoms with Gasteiger partial charge in [-0.25, -0.2) is 0 Å². The largest absolute Gasteiger partial charge is 0.481 e. The van der Waals surface area contributed by atoms with E-state index in [1.54, 1.807) is 0 Å². The molecule has 1 radical (unpaired) electrons. The molecule has 37 heavy (non-hydrogen) atoms. The molecule has 0 aliphatic heterocycles. The average molecular weight is 679 g/mol. The van der Waals surface area contributed by atoms with Crippen LogP contribution in [-0.4, -0.2) is 27.4 Å². The quantitative estimate of drug-likeness (QED) is 0.292. The Bertz CT molecular complexity index is 1070. The van der Waals surface area contributed by atoms with Crippen LogP contribution in [0, 0.1) is 41.6 Å². The molecule has 4 aliphatic rings. The first-order valence-corrected chi connectivity index (χ1v) is 14.4. The Morgan fingerprint density at radius 2 is 1.38 bits per heavy atom. The molecule has 0 spiro atoms. The molecular weight excluding hydrogens is 639 g/mol. The predicted octanol–water partition coefficient (Wildman–Crippen LogP) is 7.04. The summed E-state index contributed by atoms with van der Waals surface area (Å²) in [5.74, 6) is 3.93. The fourth-order valence-corrected chi connectivity index (χ4v) is 8.14. The molecule has 0 saturated heterocycles. The second-order valence-corrected chi connectivity index (χ2v) is 11.8.